The molecule has 0 radical (unpaired) electrons. The third-order valence-corrected chi connectivity index (χ3v) is 11.2. The molecule has 16 heteroatoms. The molecule has 0 bridgehead atoms. The summed E-state index contributed by atoms with van der Waals surface area (Å²) < 4.78 is 0. The molecule has 0 unspecified atom stereocenters. The molecule has 0 spiro atoms. The van der Waals surface area contributed by atoms with Crippen LogP contribution in [0, 0.1) is 55.4 Å². The van der Waals surface area contributed by atoms with Gasteiger partial charge in [-0.25, -0.2) is 29.9 Å². The van der Waals surface area contributed by atoms with Crippen LogP contribution in [-0.2, 0) is 0 Å². The molecule has 8 aromatic heterocycles. The Morgan fingerprint density at radius 1 is 0.225 bits per heavy atom. The van der Waals surface area contributed by atoms with Crippen LogP contribution < -0.4 is 0 Å². The fraction of sp³-hybridized carbons (Fsp3) is 0.500. The van der Waals surface area contributed by atoms with Crippen molar-refractivity contribution in [1.82, 2.24) is 80.4 Å². The Bertz CT molecular complexity index is 2200. The normalized spacial score (nSPS) is 10.4. The fourth-order valence-corrected chi connectivity index (χ4v) is 5.67. The van der Waals surface area contributed by atoms with E-state index in [1.54, 1.807) is 18.6 Å². The van der Waals surface area contributed by atoms with Crippen molar-refractivity contribution in [3.8, 4) is 0 Å². The second kappa shape index (κ2) is 38.3. The van der Waals surface area contributed by atoms with E-state index in [-0.39, 0.29) is 0 Å². The Kier molecular flexibility index (Phi) is 33.8. The molecule has 432 valence electrons. The van der Waals surface area contributed by atoms with Crippen molar-refractivity contribution < 1.29 is 0 Å². The minimum Gasteiger partial charge on any atom is -0.261 e. The van der Waals surface area contributed by atoms with E-state index in [4.69, 9.17) is 0 Å². The average Bonchev–Trinajstić information content (AvgIpc) is 3.41. The highest BCUT2D eigenvalue weighted by Gasteiger charge is 2.04. The third-order valence-electron chi connectivity index (χ3n) is 11.2. The number of aryl methyl sites for hydroxylation is 8. The summed E-state index contributed by atoms with van der Waals surface area (Å²) in [5.41, 5.74) is 13.0. The second-order valence-electron chi connectivity index (χ2n) is 22.0. The van der Waals surface area contributed by atoms with Gasteiger partial charge in [0.25, 0.3) is 0 Å². The number of hydrogen-bond acceptors (Lipinski definition) is 16. The summed E-state index contributed by atoms with van der Waals surface area (Å²) in [6.45, 7) is 49.3. The van der Waals surface area contributed by atoms with Crippen molar-refractivity contribution in [3.05, 3.63) is 189 Å². The molecule has 0 saturated heterocycles. The Morgan fingerprint density at radius 2 is 0.662 bits per heavy atom. The van der Waals surface area contributed by atoms with Gasteiger partial charge in [0.05, 0.1) is 46.6 Å². The van der Waals surface area contributed by atoms with Crippen molar-refractivity contribution in [1.29, 1.82) is 0 Å². The molecule has 0 atom stereocenters. The van der Waals surface area contributed by atoms with Gasteiger partial charge in [-0.3, -0.25) is 19.9 Å². The van der Waals surface area contributed by atoms with Crippen LogP contribution in [0.5, 0.6) is 0 Å². The molecule has 8 aromatic rings. The zero-order valence-electron chi connectivity index (χ0n) is 53.0. The Hall–Kier alpha value is -7.36. The number of nitrogens with zero attached hydrogens (tertiary/aromatic N) is 16. The third kappa shape index (κ3) is 31.3. The van der Waals surface area contributed by atoms with Crippen molar-refractivity contribution in [2.24, 2.45) is 0 Å². The molecule has 80 heavy (non-hydrogen) atoms. The van der Waals surface area contributed by atoms with Gasteiger partial charge >= 0.3 is 0 Å². The lowest BCUT2D eigenvalue weighted by atomic mass is 10.1. The molecule has 0 aliphatic rings. The molecule has 8 rings (SSSR count). The van der Waals surface area contributed by atoms with Crippen LogP contribution in [0.25, 0.3) is 0 Å². The quantitative estimate of drug-likeness (QED) is 0.139. The molecule has 16 nitrogen and oxygen atoms in total. The van der Waals surface area contributed by atoms with E-state index in [1.165, 1.54) is 22.4 Å². The highest BCUT2D eigenvalue weighted by molar-refractivity contribution is 5.17. The fourth-order valence-electron chi connectivity index (χ4n) is 5.67. The van der Waals surface area contributed by atoms with Gasteiger partial charge in [-0.2, -0.15) is 20.4 Å². The number of pyridine rings is 2. The summed E-state index contributed by atoms with van der Waals surface area (Å²) in [7, 11) is 0. The lowest BCUT2D eigenvalue weighted by molar-refractivity contribution is 0.726. The molecule has 0 aliphatic carbocycles. The maximum atomic E-state index is 4.28. The van der Waals surface area contributed by atoms with E-state index in [0.29, 0.717) is 47.3 Å². The first-order chi connectivity index (χ1) is 37.6. The molecule has 0 amide bonds. The van der Waals surface area contributed by atoms with Gasteiger partial charge in [0.2, 0.25) is 0 Å². The Balaban J connectivity index is 0.000000457. The van der Waals surface area contributed by atoms with Crippen molar-refractivity contribution in [3.63, 3.8) is 0 Å². The molecule has 0 aliphatic heterocycles. The molecule has 0 fully saturated rings. The first-order valence-electron chi connectivity index (χ1n) is 27.9. The predicted octanol–water partition coefficient (Wildman–Crippen LogP) is 15.3. The molecule has 0 N–H and O–H groups in total. The highest BCUT2D eigenvalue weighted by atomic mass is 15.2. The first kappa shape index (κ1) is 70.7. The van der Waals surface area contributed by atoms with Crippen LogP contribution in [0.4, 0.5) is 0 Å². The molecule has 0 saturated carbocycles. The smallest absolute Gasteiger partial charge is 0.153 e. The van der Waals surface area contributed by atoms with E-state index >= 15 is 0 Å². The van der Waals surface area contributed by atoms with E-state index in [0.717, 1.165) is 68.7 Å². The zero-order chi connectivity index (χ0) is 60.5. The SMILES string of the molecule is Cc1ccc(C(C)C)cn1.Cc1ccc(C(C)C)nc1.Cc1ccc(C(C)C)nn1.Cc1cnc(C(C)C)cn1.Cc1cnc(C(C)C)nc1.Cc1cnc(C(C)C)nn1.Cc1ncc(C(C)C)cn1.Cc1ncc(C(C)C)nn1. The predicted molar refractivity (Wildman–Crippen MR) is 327 cm³/mol. The van der Waals surface area contributed by atoms with Crippen LogP contribution in [0.3, 0.4) is 0 Å². The molecule has 8 heterocycles. The standard InChI is InChI=1S/2C9H13N.4C8H12N2.2C7H11N3/c1-7(2)9-5-4-8(3)10-6-9;1-7(2)9-5-4-8(3)6-10-9;1-6(2)8-4-9-7(3)10-5-8;1-6(2)8-5-9-7(3)4-10-8;1-6(2)8-9-4-7(3)5-10-8;1-6(2)8-5-4-7(3)9-10-8;1-5(2)7-4-8-6(3)9-10-7;1-5(2)7-8-4-6(3)9-10-7/h2*4-7H,1-3H3;4*4-6H,1-3H3;2*4-5H,1-3H3. The van der Waals surface area contributed by atoms with Crippen LogP contribution in [0.2, 0.25) is 0 Å². The van der Waals surface area contributed by atoms with E-state index in [9.17, 15) is 0 Å². The maximum absolute atomic E-state index is 4.28. The lowest BCUT2D eigenvalue weighted by Crippen LogP contribution is -1.99. The summed E-state index contributed by atoms with van der Waals surface area (Å²) in [6, 6.07) is 12.4. The monoisotopic (exact) mass is 1090 g/mol. The second-order valence-corrected chi connectivity index (χ2v) is 22.0. The van der Waals surface area contributed by atoms with Gasteiger partial charge in [-0.15, -0.1) is 10.2 Å². The van der Waals surface area contributed by atoms with Crippen molar-refractivity contribution in [2.45, 2.75) is 214 Å². The van der Waals surface area contributed by atoms with Crippen LogP contribution in [0.1, 0.15) is 249 Å². The minimum atomic E-state index is 0.369. The molecule has 0 aromatic carbocycles. The first-order valence-corrected chi connectivity index (χ1v) is 27.9. The highest BCUT2D eigenvalue weighted by Crippen LogP contribution is 2.14. The summed E-state index contributed by atoms with van der Waals surface area (Å²) in [6.07, 6.45) is 18.5. The lowest BCUT2D eigenvalue weighted by Gasteiger charge is -2.02. The van der Waals surface area contributed by atoms with Gasteiger partial charge in [-0.1, -0.05) is 123 Å². The Morgan fingerprint density at radius 3 is 1.06 bits per heavy atom. The summed E-state index contributed by atoms with van der Waals surface area (Å²) in [5, 5.41) is 23.6. The topological polar surface area (TPSA) is 206 Å². The molecular formula is C64H96N16. The average molecular weight is 1090 g/mol. The molecular weight excluding hydrogens is 993 g/mol. The summed E-state index contributed by atoms with van der Waals surface area (Å²) in [5.74, 6) is 7.13. The van der Waals surface area contributed by atoms with Gasteiger partial charge in [0.1, 0.15) is 17.5 Å². The summed E-state index contributed by atoms with van der Waals surface area (Å²) >= 11 is 0. The number of hydrogen-bond donors (Lipinski definition) is 0. The number of rotatable bonds is 8. The largest absolute Gasteiger partial charge is 0.261 e. The van der Waals surface area contributed by atoms with Crippen LogP contribution in [0.15, 0.2) is 98.4 Å². The number of aromatic nitrogens is 16. The van der Waals surface area contributed by atoms with Crippen LogP contribution in [-0.4, -0.2) is 80.4 Å². The van der Waals surface area contributed by atoms with E-state index < -0.39 is 0 Å². The zero-order valence-corrected chi connectivity index (χ0v) is 53.0. The van der Waals surface area contributed by atoms with Crippen molar-refractivity contribution in [2.75, 3.05) is 0 Å². The van der Waals surface area contributed by atoms with Gasteiger partial charge in [-0.05, 0) is 137 Å². The van der Waals surface area contributed by atoms with Gasteiger partial charge < -0.3 is 0 Å². The van der Waals surface area contributed by atoms with Crippen molar-refractivity contribution >= 4 is 0 Å². The summed E-state index contributed by atoms with van der Waals surface area (Å²) in [4.78, 5) is 41.5. The van der Waals surface area contributed by atoms with Gasteiger partial charge in [0, 0.05) is 72.8 Å². The van der Waals surface area contributed by atoms with Gasteiger partial charge in [0.15, 0.2) is 5.82 Å². The Labute approximate surface area is 481 Å². The van der Waals surface area contributed by atoms with Crippen LogP contribution >= 0.6 is 0 Å². The van der Waals surface area contributed by atoms with E-state index in [2.05, 4.69) is 209 Å². The van der Waals surface area contributed by atoms with E-state index in [1.807, 2.05) is 118 Å². The maximum Gasteiger partial charge on any atom is 0.153 e. The minimum absolute atomic E-state index is 0.369.